The summed E-state index contributed by atoms with van der Waals surface area (Å²) in [5.41, 5.74) is 10.5. The Morgan fingerprint density at radius 1 is 1.32 bits per heavy atom. The molecule has 0 atom stereocenters. The first-order valence-corrected chi connectivity index (χ1v) is 7.28. The highest BCUT2D eigenvalue weighted by molar-refractivity contribution is 9.10. The van der Waals surface area contributed by atoms with Crippen molar-refractivity contribution in [3.05, 3.63) is 51.0 Å². The highest BCUT2D eigenvalue weighted by Crippen LogP contribution is 2.20. The Balaban J connectivity index is 2.27. The van der Waals surface area contributed by atoms with E-state index in [-0.39, 0.29) is 0 Å². The number of nitrogens with zero attached hydrogens (tertiary/aromatic N) is 2. The standard InChI is InChI=1S/C15H20BrN3/c1-10-8-12(4-5-13(10)16)9-14-11(2)19(3)15(18-14)6-7-17/h4-5,8H,6-7,9,17H2,1-3H3. The van der Waals surface area contributed by atoms with Gasteiger partial charge in [-0.1, -0.05) is 28.1 Å². The van der Waals surface area contributed by atoms with Gasteiger partial charge in [-0.05, 0) is 37.6 Å². The van der Waals surface area contributed by atoms with Crippen LogP contribution in [0.3, 0.4) is 0 Å². The number of halogens is 1. The van der Waals surface area contributed by atoms with Crippen LogP contribution in [0, 0.1) is 13.8 Å². The third-order valence-corrected chi connectivity index (χ3v) is 4.42. The van der Waals surface area contributed by atoms with Crippen LogP contribution in [0.4, 0.5) is 0 Å². The second-order valence-corrected chi connectivity index (χ2v) is 5.77. The predicted octanol–water partition coefficient (Wildman–Crippen LogP) is 2.89. The molecule has 0 saturated carbocycles. The Kier molecular flexibility index (Phi) is 4.42. The Morgan fingerprint density at radius 2 is 2.05 bits per heavy atom. The van der Waals surface area contributed by atoms with Crippen LogP contribution in [0.1, 0.15) is 28.3 Å². The molecule has 1 aromatic carbocycles. The lowest BCUT2D eigenvalue weighted by Crippen LogP contribution is -2.08. The maximum atomic E-state index is 5.62. The van der Waals surface area contributed by atoms with E-state index >= 15 is 0 Å². The van der Waals surface area contributed by atoms with Crippen LogP contribution >= 0.6 is 15.9 Å². The fraction of sp³-hybridized carbons (Fsp3) is 0.400. The summed E-state index contributed by atoms with van der Waals surface area (Å²) in [5.74, 6) is 1.07. The Hall–Kier alpha value is -1.13. The highest BCUT2D eigenvalue weighted by atomic mass is 79.9. The van der Waals surface area contributed by atoms with Crippen molar-refractivity contribution in [1.29, 1.82) is 0 Å². The van der Waals surface area contributed by atoms with Gasteiger partial charge in [0.05, 0.1) is 5.69 Å². The van der Waals surface area contributed by atoms with E-state index in [1.54, 1.807) is 0 Å². The Morgan fingerprint density at radius 3 is 2.68 bits per heavy atom. The number of imidazole rings is 1. The Labute approximate surface area is 123 Å². The van der Waals surface area contributed by atoms with Crippen molar-refractivity contribution < 1.29 is 0 Å². The average molecular weight is 322 g/mol. The average Bonchev–Trinajstić information content (AvgIpc) is 2.63. The molecule has 0 bridgehead atoms. The third kappa shape index (κ3) is 3.07. The van der Waals surface area contributed by atoms with E-state index in [4.69, 9.17) is 10.7 Å². The second-order valence-electron chi connectivity index (χ2n) is 4.92. The molecule has 0 aliphatic carbocycles. The van der Waals surface area contributed by atoms with E-state index in [9.17, 15) is 0 Å². The molecule has 19 heavy (non-hydrogen) atoms. The van der Waals surface area contributed by atoms with E-state index in [2.05, 4.69) is 59.6 Å². The molecule has 0 spiro atoms. The third-order valence-electron chi connectivity index (χ3n) is 3.53. The Bertz CT molecular complexity index is 587. The summed E-state index contributed by atoms with van der Waals surface area (Å²) in [6.45, 7) is 4.87. The SMILES string of the molecule is Cc1cc(Cc2nc(CCN)n(C)c2C)ccc1Br. The molecule has 4 heteroatoms. The van der Waals surface area contributed by atoms with Crippen molar-refractivity contribution in [2.75, 3.05) is 6.54 Å². The molecule has 0 unspecified atom stereocenters. The van der Waals surface area contributed by atoms with Gasteiger partial charge in [0.2, 0.25) is 0 Å². The lowest BCUT2D eigenvalue weighted by Gasteiger charge is -2.04. The molecule has 0 saturated heterocycles. The van der Waals surface area contributed by atoms with Crippen LogP contribution in [-0.4, -0.2) is 16.1 Å². The summed E-state index contributed by atoms with van der Waals surface area (Å²) in [4.78, 5) is 4.72. The number of aryl methyl sites for hydroxylation is 1. The van der Waals surface area contributed by atoms with E-state index in [1.165, 1.54) is 16.8 Å². The lowest BCUT2D eigenvalue weighted by atomic mass is 10.1. The van der Waals surface area contributed by atoms with Crippen LogP contribution in [0.5, 0.6) is 0 Å². The molecule has 0 fully saturated rings. The molecule has 1 aromatic heterocycles. The van der Waals surface area contributed by atoms with Gasteiger partial charge in [-0.2, -0.15) is 0 Å². The monoisotopic (exact) mass is 321 g/mol. The quantitative estimate of drug-likeness (QED) is 0.941. The minimum Gasteiger partial charge on any atom is -0.335 e. The number of rotatable bonds is 4. The van der Waals surface area contributed by atoms with Gasteiger partial charge in [0.15, 0.2) is 0 Å². The normalized spacial score (nSPS) is 11.0. The molecular weight excluding hydrogens is 302 g/mol. The molecule has 1 heterocycles. The fourth-order valence-electron chi connectivity index (χ4n) is 2.23. The number of hydrogen-bond donors (Lipinski definition) is 1. The van der Waals surface area contributed by atoms with Gasteiger partial charge in [-0.25, -0.2) is 4.98 Å². The summed E-state index contributed by atoms with van der Waals surface area (Å²) >= 11 is 3.53. The molecule has 2 N–H and O–H groups in total. The fourth-order valence-corrected chi connectivity index (χ4v) is 2.48. The van der Waals surface area contributed by atoms with Crippen LogP contribution < -0.4 is 5.73 Å². The molecule has 0 aliphatic rings. The zero-order chi connectivity index (χ0) is 14.0. The topological polar surface area (TPSA) is 43.8 Å². The number of nitrogens with two attached hydrogens (primary N) is 1. The molecule has 2 aromatic rings. The van der Waals surface area contributed by atoms with Gasteiger partial charge in [0.1, 0.15) is 5.82 Å². The van der Waals surface area contributed by atoms with Crippen LogP contribution in [-0.2, 0) is 19.9 Å². The molecule has 2 rings (SSSR count). The van der Waals surface area contributed by atoms with Crippen LogP contribution in [0.15, 0.2) is 22.7 Å². The first-order chi connectivity index (χ1) is 9.02. The number of aromatic nitrogens is 2. The zero-order valence-corrected chi connectivity index (χ0v) is 13.3. The molecule has 3 nitrogen and oxygen atoms in total. The number of benzene rings is 1. The first kappa shape index (κ1) is 14.3. The summed E-state index contributed by atoms with van der Waals surface area (Å²) in [5, 5.41) is 0. The second kappa shape index (κ2) is 5.88. The van der Waals surface area contributed by atoms with Gasteiger partial charge in [-0.15, -0.1) is 0 Å². The van der Waals surface area contributed by atoms with Crippen molar-refractivity contribution in [1.82, 2.24) is 9.55 Å². The summed E-state index contributed by atoms with van der Waals surface area (Å²) in [6, 6.07) is 6.46. The molecule has 0 amide bonds. The maximum Gasteiger partial charge on any atom is 0.110 e. The summed E-state index contributed by atoms with van der Waals surface area (Å²) in [7, 11) is 2.06. The van der Waals surface area contributed by atoms with Crippen LogP contribution in [0.2, 0.25) is 0 Å². The van der Waals surface area contributed by atoms with Crippen molar-refractivity contribution in [3.8, 4) is 0 Å². The van der Waals surface area contributed by atoms with Gasteiger partial charge in [0, 0.05) is 30.1 Å². The van der Waals surface area contributed by atoms with Crippen molar-refractivity contribution >= 4 is 15.9 Å². The van der Waals surface area contributed by atoms with Crippen LogP contribution in [0.25, 0.3) is 0 Å². The van der Waals surface area contributed by atoms with E-state index in [1.807, 2.05) is 0 Å². The zero-order valence-electron chi connectivity index (χ0n) is 11.7. The van der Waals surface area contributed by atoms with Gasteiger partial charge >= 0.3 is 0 Å². The smallest absolute Gasteiger partial charge is 0.110 e. The predicted molar refractivity (Wildman–Crippen MR) is 82.4 cm³/mol. The highest BCUT2D eigenvalue weighted by Gasteiger charge is 2.11. The molecule has 0 aliphatic heterocycles. The number of hydrogen-bond acceptors (Lipinski definition) is 2. The van der Waals surface area contributed by atoms with Crippen molar-refractivity contribution in [3.63, 3.8) is 0 Å². The largest absolute Gasteiger partial charge is 0.335 e. The van der Waals surface area contributed by atoms with E-state index < -0.39 is 0 Å². The minimum atomic E-state index is 0.640. The van der Waals surface area contributed by atoms with Gasteiger partial charge < -0.3 is 10.3 Å². The lowest BCUT2D eigenvalue weighted by molar-refractivity contribution is 0.761. The molecule has 102 valence electrons. The summed E-state index contributed by atoms with van der Waals surface area (Å²) < 4.78 is 3.30. The van der Waals surface area contributed by atoms with Crippen molar-refractivity contribution in [2.45, 2.75) is 26.7 Å². The van der Waals surface area contributed by atoms with Gasteiger partial charge in [0.25, 0.3) is 0 Å². The summed E-state index contributed by atoms with van der Waals surface area (Å²) in [6.07, 6.45) is 1.70. The first-order valence-electron chi connectivity index (χ1n) is 6.49. The maximum absolute atomic E-state index is 5.62. The van der Waals surface area contributed by atoms with Crippen molar-refractivity contribution in [2.24, 2.45) is 12.8 Å². The van der Waals surface area contributed by atoms with E-state index in [0.717, 1.165) is 28.8 Å². The minimum absolute atomic E-state index is 0.640. The van der Waals surface area contributed by atoms with E-state index in [0.29, 0.717) is 6.54 Å². The molecule has 0 radical (unpaired) electrons. The molecular formula is C15H20BrN3. The van der Waals surface area contributed by atoms with Gasteiger partial charge in [-0.3, -0.25) is 0 Å².